The average molecular weight is 286 g/mol. The van der Waals surface area contributed by atoms with Crippen LogP contribution in [0, 0.1) is 5.41 Å². The topological polar surface area (TPSA) is 0 Å². The standard InChI is InChI=1S/C8H16.CH3IS/c1-3-8(2)6-4-5-7-8;1-3-2/h3-7H2,1-2H3;1H3. The Morgan fingerprint density at radius 3 is 1.91 bits per heavy atom. The van der Waals surface area contributed by atoms with Crippen molar-refractivity contribution < 1.29 is 0 Å². The molecule has 1 aliphatic carbocycles. The zero-order valence-electron chi connectivity index (χ0n) is 7.82. The third-order valence-corrected chi connectivity index (χ3v) is 2.66. The lowest BCUT2D eigenvalue weighted by Gasteiger charge is -2.19. The smallest absolute Gasteiger partial charge is 0.00450 e. The molecule has 0 aromatic heterocycles. The Kier molecular flexibility index (Phi) is 7.23. The minimum absolute atomic E-state index is 0.736. The van der Waals surface area contributed by atoms with Crippen molar-refractivity contribution >= 4 is 30.1 Å². The molecule has 0 radical (unpaired) electrons. The van der Waals surface area contributed by atoms with Gasteiger partial charge in [-0.15, -0.1) is 0 Å². The van der Waals surface area contributed by atoms with Crippen molar-refractivity contribution in [1.29, 1.82) is 0 Å². The normalized spacial score (nSPS) is 20.7. The lowest BCUT2D eigenvalue weighted by atomic mass is 9.86. The summed E-state index contributed by atoms with van der Waals surface area (Å²) in [6.45, 7) is 4.73. The molecular weight excluding hydrogens is 267 g/mol. The molecule has 1 aliphatic rings. The molecule has 0 aromatic carbocycles. The van der Waals surface area contributed by atoms with Gasteiger partial charge in [0.1, 0.15) is 0 Å². The third kappa shape index (κ3) is 5.34. The molecule has 68 valence electrons. The first-order valence-electron chi connectivity index (χ1n) is 4.33. The maximum Gasteiger partial charge on any atom is -0.00450 e. The zero-order chi connectivity index (χ0) is 8.74. The van der Waals surface area contributed by atoms with E-state index in [1.165, 1.54) is 32.1 Å². The Bertz CT molecular complexity index is 87.6. The first-order chi connectivity index (χ1) is 5.18. The van der Waals surface area contributed by atoms with E-state index in [1.54, 1.807) is 8.93 Å². The Balaban J connectivity index is 0.000000292. The first kappa shape index (κ1) is 12.1. The summed E-state index contributed by atoms with van der Waals surface area (Å²) < 4.78 is 0. The predicted octanol–water partition coefficient (Wildman–Crippen LogP) is 4.68. The van der Waals surface area contributed by atoms with Gasteiger partial charge in [0.15, 0.2) is 0 Å². The summed E-state index contributed by atoms with van der Waals surface area (Å²) in [6.07, 6.45) is 9.31. The fourth-order valence-corrected chi connectivity index (χ4v) is 1.58. The number of rotatable bonds is 1. The van der Waals surface area contributed by atoms with Crippen LogP contribution in [0.1, 0.15) is 46.0 Å². The van der Waals surface area contributed by atoms with E-state index in [2.05, 4.69) is 35.1 Å². The highest BCUT2D eigenvalue weighted by Gasteiger charge is 2.25. The second-order valence-corrected chi connectivity index (χ2v) is 6.48. The Morgan fingerprint density at radius 1 is 1.36 bits per heavy atom. The second kappa shape index (κ2) is 6.58. The molecule has 0 N–H and O–H groups in total. The summed E-state index contributed by atoms with van der Waals surface area (Å²) in [4.78, 5) is 0. The molecule has 0 heterocycles. The van der Waals surface area contributed by atoms with Crippen LogP contribution < -0.4 is 0 Å². The SMILES string of the molecule is CCC1(C)CCCC1.CSI. The van der Waals surface area contributed by atoms with Gasteiger partial charge in [-0.25, -0.2) is 0 Å². The molecule has 2 heteroatoms. The molecule has 0 atom stereocenters. The lowest BCUT2D eigenvalue weighted by molar-refractivity contribution is 0.323. The van der Waals surface area contributed by atoms with Crippen molar-refractivity contribution in [3.8, 4) is 0 Å². The first-order valence-corrected chi connectivity index (χ1v) is 8.10. The van der Waals surface area contributed by atoms with Crippen LogP contribution in [0.5, 0.6) is 0 Å². The van der Waals surface area contributed by atoms with Gasteiger partial charge in [0, 0.05) is 0 Å². The van der Waals surface area contributed by atoms with Gasteiger partial charge in [-0.05, 0) is 45.7 Å². The van der Waals surface area contributed by atoms with Crippen molar-refractivity contribution in [1.82, 2.24) is 0 Å². The van der Waals surface area contributed by atoms with Crippen LogP contribution >= 0.6 is 30.1 Å². The van der Waals surface area contributed by atoms with Crippen LogP contribution in [0.25, 0.3) is 0 Å². The Hall–Kier alpha value is 1.08. The number of hydrogen-bond donors (Lipinski definition) is 0. The summed E-state index contributed by atoms with van der Waals surface area (Å²) >= 11 is 2.20. The fraction of sp³-hybridized carbons (Fsp3) is 1.00. The Labute approximate surface area is 87.5 Å². The maximum absolute atomic E-state index is 2.42. The highest BCUT2D eigenvalue weighted by Crippen LogP contribution is 2.39. The molecule has 0 spiro atoms. The van der Waals surface area contributed by atoms with Crippen LogP contribution in [0.4, 0.5) is 0 Å². The van der Waals surface area contributed by atoms with Gasteiger partial charge in [0.25, 0.3) is 0 Å². The highest BCUT2D eigenvalue weighted by atomic mass is 127. The van der Waals surface area contributed by atoms with Gasteiger partial charge in [-0.3, -0.25) is 0 Å². The second-order valence-electron chi connectivity index (χ2n) is 3.53. The van der Waals surface area contributed by atoms with Crippen LogP contribution in [0.2, 0.25) is 0 Å². The molecule has 1 saturated carbocycles. The molecule has 0 unspecified atom stereocenters. The van der Waals surface area contributed by atoms with Crippen LogP contribution in [0.3, 0.4) is 0 Å². The van der Waals surface area contributed by atoms with Gasteiger partial charge >= 0.3 is 0 Å². The summed E-state index contributed by atoms with van der Waals surface area (Å²) in [5.74, 6) is 0. The molecule has 0 aromatic rings. The molecular formula is C9H19IS. The van der Waals surface area contributed by atoms with E-state index >= 15 is 0 Å². The number of halogens is 1. The quantitative estimate of drug-likeness (QED) is 0.631. The van der Waals surface area contributed by atoms with Crippen molar-refractivity contribution in [2.24, 2.45) is 5.41 Å². The molecule has 0 nitrogen and oxygen atoms in total. The van der Waals surface area contributed by atoms with E-state index in [0.29, 0.717) is 0 Å². The van der Waals surface area contributed by atoms with E-state index < -0.39 is 0 Å². The van der Waals surface area contributed by atoms with Crippen LogP contribution in [0.15, 0.2) is 0 Å². The maximum atomic E-state index is 2.42. The third-order valence-electron chi connectivity index (χ3n) is 2.66. The summed E-state index contributed by atoms with van der Waals surface area (Å²) in [6, 6.07) is 0. The van der Waals surface area contributed by atoms with E-state index in [4.69, 9.17) is 0 Å². The monoisotopic (exact) mass is 286 g/mol. The molecule has 0 aliphatic heterocycles. The molecule has 1 rings (SSSR count). The molecule has 11 heavy (non-hydrogen) atoms. The van der Waals surface area contributed by atoms with Gasteiger partial charge < -0.3 is 0 Å². The summed E-state index contributed by atoms with van der Waals surface area (Å²) in [7, 11) is 1.72. The minimum atomic E-state index is 0.736. The van der Waals surface area contributed by atoms with Crippen molar-refractivity contribution in [3.63, 3.8) is 0 Å². The Morgan fingerprint density at radius 2 is 1.73 bits per heavy atom. The summed E-state index contributed by atoms with van der Waals surface area (Å²) in [5.41, 5.74) is 0.736. The largest absolute Gasteiger partial charge is 0.0928 e. The fourth-order valence-electron chi connectivity index (χ4n) is 1.58. The highest BCUT2D eigenvalue weighted by molar-refractivity contribution is 14.2. The molecule has 0 amide bonds. The van der Waals surface area contributed by atoms with Crippen LogP contribution in [-0.2, 0) is 0 Å². The van der Waals surface area contributed by atoms with E-state index in [0.717, 1.165) is 5.41 Å². The van der Waals surface area contributed by atoms with E-state index in [9.17, 15) is 0 Å². The average Bonchev–Trinajstić information content (AvgIpc) is 2.39. The van der Waals surface area contributed by atoms with Crippen LogP contribution in [-0.4, -0.2) is 6.26 Å². The van der Waals surface area contributed by atoms with Gasteiger partial charge in [-0.1, -0.05) is 42.0 Å². The van der Waals surface area contributed by atoms with Gasteiger partial charge in [0.05, 0.1) is 0 Å². The van der Waals surface area contributed by atoms with E-state index in [1.807, 2.05) is 6.26 Å². The molecule has 0 saturated heterocycles. The molecule has 1 fully saturated rings. The van der Waals surface area contributed by atoms with Gasteiger partial charge in [0.2, 0.25) is 0 Å². The van der Waals surface area contributed by atoms with Gasteiger partial charge in [-0.2, -0.15) is 0 Å². The predicted molar refractivity (Wildman–Crippen MR) is 64.4 cm³/mol. The number of hydrogen-bond acceptors (Lipinski definition) is 1. The lowest BCUT2D eigenvalue weighted by Crippen LogP contribution is -2.07. The van der Waals surface area contributed by atoms with Crippen molar-refractivity contribution in [3.05, 3.63) is 0 Å². The van der Waals surface area contributed by atoms with E-state index in [-0.39, 0.29) is 0 Å². The minimum Gasteiger partial charge on any atom is -0.0928 e. The zero-order valence-corrected chi connectivity index (χ0v) is 10.8. The summed E-state index contributed by atoms with van der Waals surface area (Å²) in [5, 5.41) is 0. The van der Waals surface area contributed by atoms with Crippen molar-refractivity contribution in [2.45, 2.75) is 46.0 Å². The molecule has 0 bridgehead atoms. The van der Waals surface area contributed by atoms with Crippen molar-refractivity contribution in [2.75, 3.05) is 6.26 Å².